The van der Waals surface area contributed by atoms with Gasteiger partial charge in [-0.05, 0) is 24.2 Å². The number of aromatic nitrogens is 4. The van der Waals surface area contributed by atoms with Crippen molar-refractivity contribution in [2.75, 3.05) is 26.2 Å². The minimum absolute atomic E-state index is 0. The normalized spacial score (nSPS) is 12.8. The number of nitrogens with zero attached hydrogens (tertiary/aromatic N) is 5. The third-order valence-corrected chi connectivity index (χ3v) is 6.53. The molecule has 12 heteroatoms. The lowest BCUT2D eigenvalue weighted by molar-refractivity contribution is 0.0431. The third-order valence-electron chi connectivity index (χ3n) is 6.53. The molecular weight excluding hydrogens is 538 g/mol. The molecule has 0 radical (unpaired) electrons. The van der Waals surface area contributed by atoms with E-state index in [4.69, 9.17) is 9.47 Å². The number of ether oxygens (including phenoxy) is 2. The molecule has 0 aliphatic carbocycles. The first-order valence-electron chi connectivity index (χ1n) is 12.9. The number of halogens is 1. The molecule has 0 bridgehead atoms. The average Bonchev–Trinajstić information content (AvgIpc) is 3.36. The summed E-state index contributed by atoms with van der Waals surface area (Å²) in [4.78, 5) is 30.9. The number of hydrogen-bond acceptors (Lipinski definition) is 8. The highest BCUT2D eigenvalue weighted by atomic mass is 35.5. The summed E-state index contributed by atoms with van der Waals surface area (Å²) in [5.74, 6) is 1.13. The van der Waals surface area contributed by atoms with Crippen LogP contribution in [0.4, 0.5) is 0 Å². The predicted octanol–water partition coefficient (Wildman–Crippen LogP) is 1.56. The van der Waals surface area contributed by atoms with Crippen LogP contribution in [0, 0.1) is 0 Å². The van der Waals surface area contributed by atoms with E-state index in [0.29, 0.717) is 24.7 Å². The van der Waals surface area contributed by atoms with E-state index in [9.17, 15) is 19.8 Å². The molecule has 0 aliphatic heterocycles. The average molecular weight is 574 g/mol. The van der Waals surface area contributed by atoms with Crippen LogP contribution in [0.3, 0.4) is 0 Å². The van der Waals surface area contributed by atoms with Crippen molar-refractivity contribution in [2.45, 2.75) is 32.3 Å². The lowest BCUT2D eigenvalue weighted by Crippen LogP contribution is -2.41. The van der Waals surface area contributed by atoms with Crippen molar-refractivity contribution >= 4 is 23.6 Å². The Morgan fingerprint density at radius 1 is 0.900 bits per heavy atom. The number of rotatable bonds is 13. The van der Waals surface area contributed by atoms with E-state index in [0.717, 1.165) is 10.1 Å². The Balaban J connectivity index is 0.00000441. The Morgan fingerprint density at radius 2 is 1.52 bits per heavy atom. The molecule has 2 heterocycles. The highest BCUT2D eigenvalue weighted by Crippen LogP contribution is 2.27. The highest BCUT2D eigenvalue weighted by molar-refractivity contribution is 5.85. The van der Waals surface area contributed by atoms with Gasteiger partial charge in [-0.2, -0.15) is 0 Å². The molecule has 4 aromatic rings. The topological polar surface area (TPSA) is 124 Å². The zero-order valence-electron chi connectivity index (χ0n) is 22.8. The first kappa shape index (κ1) is 30.9. The van der Waals surface area contributed by atoms with Crippen molar-refractivity contribution in [3.8, 4) is 11.5 Å². The summed E-state index contributed by atoms with van der Waals surface area (Å²) in [6.07, 6.45) is -0.204. The van der Waals surface area contributed by atoms with Crippen LogP contribution >= 0.6 is 12.4 Å². The van der Waals surface area contributed by atoms with E-state index in [1.54, 1.807) is 17.7 Å². The molecule has 0 aliphatic rings. The summed E-state index contributed by atoms with van der Waals surface area (Å²) in [7, 11) is 2.96. The van der Waals surface area contributed by atoms with E-state index in [1.165, 1.54) is 17.9 Å². The van der Waals surface area contributed by atoms with E-state index in [1.807, 2.05) is 60.4 Å². The van der Waals surface area contributed by atoms with Gasteiger partial charge in [0.05, 0.1) is 19.0 Å². The van der Waals surface area contributed by atoms with Gasteiger partial charge in [-0.3, -0.25) is 18.8 Å². The molecule has 2 N–H and O–H groups in total. The minimum Gasteiger partial charge on any atom is -0.487 e. The number of likely N-dealkylation sites (N-methyl/N-ethyl adjacent to an activating group) is 1. The van der Waals surface area contributed by atoms with Crippen LogP contribution in [0.5, 0.6) is 11.5 Å². The maximum absolute atomic E-state index is 12.7. The SMILES string of the molecule is CCN(CC(O)COc1ccccc1OCc1ccccc1)CC(O)Cn1cnc2c1c(=O)n(C)c(=O)n2C.Cl. The lowest BCUT2D eigenvalue weighted by atomic mass is 10.2. The number of hydrogen-bond donors (Lipinski definition) is 2. The molecule has 40 heavy (non-hydrogen) atoms. The van der Waals surface area contributed by atoms with Gasteiger partial charge in [0.15, 0.2) is 22.7 Å². The fraction of sp³-hybridized carbons (Fsp3) is 0.393. The van der Waals surface area contributed by atoms with Gasteiger partial charge in [0.1, 0.15) is 19.3 Å². The van der Waals surface area contributed by atoms with Crippen molar-refractivity contribution in [1.82, 2.24) is 23.6 Å². The quantitative estimate of drug-likeness (QED) is 0.247. The number of fused-ring (bicyclic) bond motifs is 1. The van der Waals surface area contributed by atoms with Crippen LogP contribution in [0.15, 0.2) is 70.5 Å². The summed E-state index contributed by atoms with van der Waals surface area (Å²) in [6, 6.07) is 17.2. The molecule has 0 spiro atoms. The molecular formula is C28H36ClN5O6. The first-order valence-corrected chi connectivity index (χ1v) is 12.9. The second kappa shape index (κ2) is 14.1. The molecule has 2 aromatic carbocycles. The fourth-order valence-corrected chi connectivity index (χ4v) is 4.41. The van der Waals surface area contributed by atoms with Crippen molar-refractivity contribution in [1.29, 1.82) is 0 Å². The van der Waals surface area contributed by atoms with E-state index >= 15 is 0 Å². The number of imidazole rings is 1. The van der Waals surface area contributed by atoms with E-state index in [2.05, 4.69) is 4.98 Å². The van der Waals surface area contributed by atoms with Gasteiger partial charge in [-0.25, -0.2) is 9.78 Å². The molecule has 0 amide bonds. The Hall–Kier alpha value is -3.64. The Labute approximate surface area is 238 Å². The number of aryl methyl sites for hydroxylation is 1. The van der Waals surface area contributed by atoms with E-state index in [-0.39, 0.29) is 49.8 Å². The summed E-state index contributed by atoms with van der Waals surface area (Å²) in [5, 5.41) is 21.4. The molecule has 0 saturated heterocycles. The Morgan fingerprint density at radius 3 is 2.20 bits per heavy atom. The number of para-hydroxylation sites is 2. The van der Waals surface area contributed by atoms with Crippen LogP contribution in [-0.4, -0.2) is 72.2 Å². The van der Waals surface area contributed by atoms with Gasteiger partial charge >= 0.3 is 5.69 Å². The lowest BCUT2D eigenvalue weighted by Gasteiger charge is -2.26. The summed E-state index contributed by atoms with van der Waals surface area (Å²) in [5.41, 5.74) is 0.631. The molecule has 11 nitrogen and oxygen atoms in total. The molecule has 216 valence electrons. The molecule has 0 saturated carbocycles. The molecule has 0 fully saturated rings. The standard InChI is InChI=1S/C28H35N5O6.ClH/c1-4-32(14-21(34)16-33-19-29-26-25(33)27(36)31(3)28(37)30(26)2)15-22(35)18-39-24-13-9-8-12-23(24)38-17-20-10-6-5-7-11-20;/h5-13,19,21-22,34-35H,4,14-18H2,1-3H3;1H. The maximum Gasteiger partial charge on any atom is 0.332 e. The van der Waals surface area contributed by atoms with Gasteiger partial charge in [-0.1, -0.05) is 49.4 Å². The number of aliphatic hydroxyl groups excluding tert-OH is 2. The zero-order valence-corrected chi connectivity index (χ0v) is 23.7. The number of aliphatic hydroxyl groups is 2. The molecule has 2 aromatic heterocycles. The van der Waals surface area contributed by atoms with Crippen molar-refractivity contribution < 1.29 is 19.7 Å². The number of benzene rings is 2. The Bertz CT molecular complexity index is 1500. The summed E-state index contributed by atoms with van der Waals surface area (Å²) in [6.45, 7) is 3.63. The van der Waals surface area contributed by atoms with Crippen LogP contribution < -0.4 is 20.7 Å². The highest BCUT2D eigenvalue weighted by Gasteiger charge is 2.19. The van der Waals surface area contributed by atoms with Gasteiger partial charge in [0.2, 0.25) is 0 Å². The second-order valence-electron chi connectivity index (χ2n) is 9.47. The summed E-state index contributed by atoms with van der Waals surface area (Å²) < 4.78 is 15.7. The van der Waals surface area contributed by atoms with Crippen LogP contribution in [0.1, 0.15) is 12.5 Å². The smallest absolute Gasteiger partial charge is 0.332 e. The van der Waals surface area contributed by atoms with Gasteiger partial charge in [-0.15, -0.1) is 12.4 Å². The first-order chi connectivity index (χ1) is 18.8. The predicted molar refractivity (Wildman–Crippen MR) is 154 cm³/mol. The maximum atomic E-state index is 12.7. The monoisotopic (exact) mass is 573 g/mol. The van der Waals surface area contributed by atoms with Gasteiger partial charge in [0, 0.05) is 27.2 Å². The van der Waals surface area contributed by atoms with Gasteiger partial charge in [0.25, 0.3) is 5.56 Å². The van der Waals surface area contributed by atoms with E-state index < -0.39 is 23.5 Å². The van der Waals surface area contributed by atoms with Crippen molar-refractivity contribution in [3.63, 3.8) is 0 Å². The van der Waals surface area contributed by atoms with Crippen LogP contribution in [0.2, 0.25) is 0 Å². The van der Waals surface area contributed by atoms with Crippen molar-refractivity contribution in [2.24, 2.45) is 14.1 Å². The van der Waals surface area contributed by atoms with Crippen molar-refractivity contribution in [3.05, 3.63) is 87.3 Å². The zero-order chi connectivity index (χ0) is 27.9. The largest absolute Gasteiger partial charge is 0.487 e. The van der Waals surface area contributed by atoms with Crippen LogP contribution in [-0.2, 0) is 27.2 Å². The minimum atomic E-state index is -0.843. The van der Waals surface area contributed by atoms with Gasteiger partial charge < -0.3 is 24.3 Å². The molecule has 4 rings (SSSR count). The second-order valence-corrected chi connectivity index (χ2v) is 9.47. The van der Waals surface area contributed by atoms with Crippen LogP contribution in [0.25, 0.3) is 11.2 Å². The Kier molecular flexibility index (Phi) is 10.9. The fourth-order valence-electron chi connectivity index (χ4n) is 4.41. The molecule has 2 unspecified atom stereocenters. The third kappa shape index (κ3) is 7.30. The molecule has 2 atom stereocenters. The summed E-state index contributed by atoms with van der Waals surface area (Å²) >= 11 is 0.